The van der Waals surface area contributed by atoms with Gasteiger partial charge in [-0.05, 0) is 24.1 Å². The number of hydrogen-bond donors (Lipinski definition) is 1. The van der Waals surface area contributed by atoms with E-state index in [0.717, 1.165) is 11.3 Å². The van der Waals surface area contributed by atoms with Crippen molar-refractivity contribution in [2.75, 3.05) is 13.4 Å². The van der Waals surface area contributed by atoms with Crippen LogP contribution in [-0.2, 0) is 11.2 Å². The standard InChI is InChI=1S/C13H16O4/c1-2-10(7-14)11(15)5-9-3-4-12-13(6-9)17-8-16-12/h3-4,6,10,14H,2,5,7-8H2,1H3. The summed E-state index contributed by atoms with van der Waals surface area (Å²) in [6, 6.07) is 5.49. The molecule has 0 radical (unpaired) electrons. The number of ether oxygens (including phenoxy) is 2. The van der Waals surface area contributed by atoms with Gasteiger partial charge in [0.2, 0.25) is 6.79 Å². The van der Waals surface area contributed by atoms with Gasteiger partial charge in [-0.25, -0.2) is 0 Å². The summed E-state index contributed by atoms with van der Waals surface area (Å²) in [7, 11) is 0. The second-order valence-corrected chi connectivity index (χ2v) is 4.12. The van der Waals surface area contributed by atoms with Crippen LogP contribution in [0.4, 0.5) is 0 Å². The van der Waals surface area contributed by atoms with E-state index in [1.165, 1.54) is 0 Å². The lowest BCUT2D eigenvalue weighted by atomic mass is 9.96. The Bertz CT molecular complexity index is 410. The SMILES string of the molecule is CCC(CO)C(=O)Cc1ccc2c(c1)OCO2. The van der Waals surface area contributed by atoms with Gasteiger partial charge in [-0.15, -0.1) is 0 Å². The normalized spacial score (nSPS) is 14.7. The average molecular weight is 236 g/mol. The zero-order chi connectivity index (χ0) is 12.3. The van der Waals surface area contributed by atoms with Gasteiger partial charge in [0.05, 0.1) is 6.61 Å². The number of carbonyl (C=O) groups excluding carboxylic acids is 1. The summed E-state index contributed by atoms with van der Waals surface area (Å²) in [5.41, 5.74) is 0.895. The molecule has 17 heavy (non-hydrogen) atoms. The fourth-order valence-electron chi connectivity index (χ4n) is 1.86. The van der Waals surface area contributed by atoms with Crippen molar-refractivity contribution >= 4 is 5.78 Å². The molecule has 4 nitrogen and oxygen atoms in total. The Morgan fingerprint density at radius 2 is 2.18 bits per heavy atom. The van der Waals surface area contributed by atoms with Crippen molar-refractivity contribution in [2.45, 2.75) is 19.8 Å². The van der Waals surface area contributed by atoms with Crippen molar-refractivity contribution in [2.24, 2.45) is 5.92 Å². The topological polar surface area (TPSA) is 55.8 Å². The van der Waals surface area contributed by atoms with E-state index < -0.39 is 0 Å². The van der Waals surface area contributed by atoms with Crippen LogP contribution in [0.5, 0.6) is 11.5 Å². The van der Waals surface area contributed by atoms with E-state index >= 15 is 0 Å². The van der Waals surface area contributed by atoms with Crippen LogP contribution >= 0.6 is 0 Å². The van der Waals surface area contributed by atoms with Crippen molar-refractivity contribution in [1.29, 1.82) is 0 Å². The van der Waals surface area contributed by atoms with Gasteiger partial charge in [0, 0.05) is 12.3 Å². The largest absolute Gasteiger partial charge is 0.454 e. The highest BCUT2D eigenvalue weighted by Crippen LogP contribution is 2.32. The van der Waals surface area contributed by atoms with Gasteiger partial charge in [0.15, 0.2) is 11.5 Å². The van der Waals surface area contributed by atoms with Crippen LogP contribution in [0, 0.1) is 5.92 Å². The van der Waals surface area contributed by atoms with E-state index in [0.29, 0.717) is 18.6 Å². The summed E-state index contributed by atoms with van der Waals surface area (Å²) in [6.45, 7) is 2.05. The molecule has 1 aliphatic rings. The van der Waals surface area contributed by atoms with Gasteiger partial charge in [-0.2, -0.15) is 0 Å². The minimum absolute atomic E-state index is 0.0638. The number of aliphatic hydroxyl groups excluding tert-OH is 1. The van der Waals surface area contributed by atoms with Crippen LogP contribution in [0.25, 0.3) is 0 Å². The second kappa shape index (κ2) is 5.19. The molecule has 1 N–H and O–H groups in total. The van der Waals surface area contributed by atoms with E-state index in [9.17, 15) is 4.79 Å². The zero-order valence-electron chi connectivity index (χ0n) is 9.81. The Kier molecular flexibility index (Phi) is 3.64. The van der Waals surface area contributed by atoms with Crippen LogP contribution in [0.3, 0.4) is 0 Å². The third-order valence-electron chi connectivity index (χ3n) is 2.98. The Labute approximate surface area is 100 Å². The number of aliphatic hydroxyl groups is 1. The van der Waals surface area contributed by atoms with E-state index in [-0.39, 0.29) is 25.1 Å². The molecular formula is C13H16O4. The van der Waals surface area contributed by atoms with E-state index in [2.05, 4.69) is 0 Å². The molecule has 1 aromatic carbocycles. The maximum Gasteiger partial charge on any atom is 0.231 e. The molecule has 92 valence electrons. The monoisotopic (exact) mass is 236 g/mol. The molecule has 1 heterocycles. The molecule has 0 aromatic heterocycles. The Balaban J connectivity index is 2.06. The Morgan fingerprint density at radius 3 is 2.88 bits per heavy atom. The number of fused-ring (bicyclic) bond motifs is 1. The number of hydrogen-bond acceptors (Lipinski definition) is 4. The first kappa shape index (κ1) is 11.9. The molecule has 1 unspecified atom stereocenters. The van der Waals surface area contributed by atoms with Crippen LogP contribution in [0.2, 0.25) is 0 Å². The molecule has 4 heteroatoms. The van der Waals surface area contributed by atoms with Gasteiger partial charge in [-0.1, -0.05) is 13.0 Å². The molecule has 0 fully saturated rings. The van der Waals surface area contributed by atoms with E-state index in [1.807, 2.05) is 25.1 Å². The van der Waals surface area contributed by atoms with Crippen molar-refractivity contribution in [3.8, 4) is 11.5 Å². The molecule has 1 aliphatic heterocycles. The van der Waals surface area contributed by atoms with Crippen molar-refractivity contribution in [3.05, 3.63) is 23.8 Å². The summed E-state index contributed by atoms with van der Waals surface area (Å²) in [6.07, 6.45) is 0.996. The van der Waals surface area contributed by atoms with Crippen molar-refractivity contribution < 1.29 is 19.4 Å². The molecule has 1 aromatic rings. The first-order valence-electron chi connectivity index (χ1n) is 5.76. The first-order chi connectivity index (χ1) is 8.24. The smallest absolute Gasteiger partial charge is 0.231 e. The quantitative estimate of drug-likeness (QED) is 0.842. The molecule has 0 bridgehead atoms. The second-order valence-electron chi connectivity index (χ2n) is 4.12. The highest BCUT2D eigenvalue weighted by Gasteiger charge is 2.18. The number of rotatable bonds is 5. The number of Topliss-reactive ketones (excluding diaryl/α,β-unsaturated/α-hetero) is 1. The maximum atomic E-state index is 11.8. The van der Waals surface area contributed by atoms with Gasteiger partial charge < -0.3 is 14.6 Å². The molecule has 0 spiro atoms. The van der Waals surface area contributed by atoms with E-state index in [1.54, 1.807) is 0 Å². The van der Waals surface area contributed by atoms with Gasteiger partial charge >= 0.3 is 0 Å². The molecule has 0 aliphatic carbocycles. The zero-order valence-corrected chi connectivity index (χ0v) is 9.81. The summed E-state index contributed by atoms with van der Waals surface area (Å²) in [4.78, 5) is 11.8. The fourth-order valence-corrected chi connectivity index (χ4v) is 1.86. The maximum absolute atomic E-state index is 11.8. The molecule has 1 atom stereocenters. The molecule has 0 amide bonds. The first-order valence-corrected chi connectivity index (χ1v) is 5.76. The van der Waals surface area contributed by atoms with Gasteiger partial charge in [0.1, 0.15) is 5.78 Å². The number of carbonyl (C=O) groups is 1. The highest BCUT2D eigenvalue weighted by atomic mass is 16.7. The third-order valence-corrected chi connectivity index (χ3v) is 2.98. The van der Waals surface area contributed by atoms with Gasteiger partial charge in [-0.3, -0.25) is 4.79 Å². The van der Waals surface area contributed by atoms with Crippen LogP contribution < -0.4 is 9.47 Å². The van der Waals surface area contributed by atoms with Crippen LogP contribution in [-0.4, -0.2) is 24.3 Å². The Morgan fingerprint density at radius 1 is 1.41 bits per heavy atom. The van der Waals surface area contributed by atoms with Crippen molar-refractivity contribution in [3.63, 3.8) is 0 Å². The summed E-state index contributed by atoms with van der Waals surface area (Å²) < 4.78 is 10.5. The molecule has 0 saturated carbocycles. The summed E-state index contributed by atoms with van der Waals surface area (Å²) in [5.74, 6) is 1.21. The average Bonchev–Trinajstić information content (AvgIpc) is 2.77. The Hall–Kier alpha value is -1.55. The highest BCUT2D eigenvalue weighted by molar-refractivity contribution is 5.83. The predicted octanol–water partition coefficient (Wildman–Crippen LogP) is 1.55. The lowest BCUT2D eigenvalue weighted by Crippen LogP contribution is -2.19. The summed E-state index contributed by atoms with van der Waals surface area (Å²) >= 11 is 0. The third kappa shape index (κ3) is 2.58. The minimum atomic E-state index is -0.263. The molecule has 0 saturated heterocycles. The predicted molar refractivity (Wildman–Crippen MR) is 62.1 cm³/mol. The minimum Gasteiger partial charge on any atom is -0.454 e. The number of ketones is 1. The summed E-state index contributed by atoms with van der Waals surface area (Å²) in [5, 5.41) is 9.06. The molecule has 2 rings (SSSR count). The molecular weight excluding hydrogens is 220 g/mol. The van der Waals surface area contributed by atoms with Crippen LogP contribution in [0.15, 0.2) is 18.2 Å². The fraction of sp³-hybridized carbons (Fsp3) is 0.462. The van der Waals surface area contributed by atoms with Crippen LogP contribution in [0.1, 0.15) is 18.9 Å². The van der Waals surface area contributed by atoms with Gasteiger partial charge in [0.25, 0.3) is 0 Å². The van der Waals surface area contributed by atoms with Crippen molar-refractivity contribution in [1.82, 2.24) is 0 Å². The lowest BCUT2D eigenvalue weighted by Gasteiger charge is -2.10. The lowest BCUT2D eigenvalue weighted by molar-refractivity contribution is -0.123. The number of benzene rings is 1. The van der Waals surface area contributed by atoms with E-state index in [4.69, 9.17) is 14.6 Å².